The van der Waals surface area contributed by atoms with Crippen LogP contribution >= 0.6 is 7.82 Å². The molecule has 0 amide bonds. The van der Waals surface area contributed by atoms with E-state index in [0.29, 0.717) is 6.42 Å². The van der Waals surface area contributed by atoms with Gasteiger partial charge in [0.15, 0.2) is 6.10 Å². The molecule has 0 fully saturated rings. The Balaban J connectivity index is 3.76. The number of carbonyl (C=O) groups excluding carboxylic acids is 2. The number of unbranched alkanes of at least 4 members (excludes halogenated alkanes) is 49. The molecule has 0 heterocycles. The fourth-order valence-corrected chi connectivity index (χ4v) is 12.0. The first-order valence-electron chi connectivity index (χ1n) is 37.8. The molecule has 0 aliphatic rings. The molecule has 9 nitrogen and oxygen atoms in total. The van der Waals surface area contributed by atoms with Crippen molar-refractivity contribution in [3.63, 3.8) is 0 Å². The number of carbonyl (C=O) groups is 2. The third-order valence-electron chi connectivity index (χ3n) is 16.9. The van der Waals surface area contributed by atoms with Gasteiger partial charge in [-0.2, -0.15) is 0 Å². The second-order valence-electron chi connectivity index (χ2n) is 25.5. The van der Waals surface area contributed by atoms with E-state index in [0.717, 1.165) is 64.2 Å². The van der Waals surface area contributed by atoms with Gasteiger partial charge in [0.25, 0.3) is 0 Å². The van der Waals surface area contributed by atoms with E-state index in [9.17, 15) is 19.0 Å². The number of allylic oxidation sites excluding steroid dienone is 10. The van der Waals surface area contributed by atoms with Crippen molar-refractivity contribution in [3.8, 4) is 0 Å². The highest BCUT2D eigenvalue weighted by Crippen LogP contribution is 2.43. The van der Waals surface area contributed by atoms with Gasteiger partial charge in [-0.1, -0.05) is 351 Å². The normalized spacial score (nSPS) is 13.2. The summed E-state index contributed by atoms with van der Waals surface area (Å²) in [5.74, 6) is -0.815. The highest BCUT2D eigenvalue weighted by molar-refractivity contribution is 7.47. The summed E-state index contributed by atoms with van der Waals surface area (Å²) in [5, 5.41) is 0. The average Bonchev–Trinajstić information content (AvgIpc) is 3.64. The van der Waals surface area contributed by atoms with Crippen LogP contribution in [-0.2, 0) is 32.7 Å². The lowest BCUT2D eigenvalue weighted by Crippen LogP contribution is -2.29. The van der Waals surface area contributed by atoms with Gasteiger partial charge in [0.2, 0.25) is 0 Å². The van der Waals surface area contributed by atoms with Crippen molar-refractivity contribution in [2.75, 3.05) is 26.4 Å². The maximum absolute atomic E-state index is 12.8. The minimum absolute atomic E-state index is 0.0531. The molecular weight excluding hydrogens is 1100 g/mol. The summed E-state index contributed by atoms with van der Waals surface area (Å²) in [5.41, 5.74) is 5.41. The summed E-state index contributed by atoms with van der Waals surface area (Å²) in [6, 6.07) is 0. The molecule has 87 heavy (non-hydrogen) atoms. The number of rotatable bonds is 72. The third kappa shape index (κ3) is 72.6. The number of hydrogen-bond donors (Lipinski definition) is 2. The van der Waals surface area contributed by atoms with Crippen molar-refractivity contribution >= 4 is 19.8 Å². The Hall–Kier alpha value is -2.29. The van der Waals surface area contributed by atoms with Crippen LogP contribution in [0.3, 0.4) is 0 Å². The molecule has 0 aromatic heterocycles. The van der Waals surface area contributed by atoms with Crippen LogP contribution in [0.2, 0.25) is 0 Å². The fourth-order valence-electron chi connectivity index (χ4n) is 11.3. The average molecular weight is 1240 g/mol. The van der Waals surface area contributed by atoms with E-state index in [-0.39, 0.29) is 38.6 Å². The molecule has 0 aliphatic heterocycles. The van der Waals surface area contributed by atoms with Crippen molar-refractivity contribution in [2.45, 2.75) is 392 Å². The largest absolute Gasteiger partial charge is 0.472 e. The Morgan fingerprint density at radius 2 is 0.598 bits per heavy atom. The second-order valence-corrected chi connectivity index (χ2v) is 27.0. The van der Waals surface area contributed by atoms with Crippen LogP contribution in [0.15, 0.2) is 60.8 Å². The lowest BCUT2D eigenvalue weighted by Gasteiger charge is -2.19. The molecule has 10 heteroatoms. The molecule has 0 spiro atoms. The van der Waals surface area contributed by atoms with Crippen LogP contribution in [0.25, 0.3) is 0 Å². The monoisotopic (exact) mass is 1240 g/mol. The van der Waals surface area contributed by atoms with Gasteiger partial charge < -0.3 is 20.1 Å². The molecule has 3 N–H and O–H groups in total. The summed E-state index contributed by atoms with van der Waals surface area (Å²) >= 11 is 0. The van der Waals surface area contributed by atoms with Crippen LogP contribution in [0.1, 0.15) is 386 Å². The van der Waals surface area contributed by atoms with Crippen LogP contribution in [0.5, 0.6) is 0 Å². The quantitative estimate of drug-likeness (QED) is 0.0264. The predicted octanol–water partition coefficient (Wildman–Crippen LogP) is 25.0. The maximum Gasteiger partial charge on any atom is 0.472 e. The Morgan fingerprint density at radius 1 is 0.345 bits per heavy atom. The molecule has 510 valence electrons. The number of phosphoric ester groups is 1. The lowest BCUT2D eigenvalue weighted by molar-refractivity contribution is -0.161. The molecular formula is C77H144NO8P. The van der Waals surface area contributed by atoms with E-state index in [1.165, 1.54) is 289 Å². The zero-order chi connectivity index (χ0) is 63.0. The number of ether oxygens (including phenoxy) is 2. The number of nitrogens with two attached hydrogens (primary N) is 1. The van der Waals surface area contributed by atoms with Gasteiger partial charge in [0.1, 0.15) is 6.61 Å². The van der Waals surface area contributed by atoms with E-state index in [1.807, 2.05) is 0 Å². The van der Waals surface area contributed by atoms with E-state index >= 15 is 0 Å². The Labute approximate surface area is 539 Å². The van der Waals surface area contributed by atoms with Gasteiger partial charge in [-0.3, -0.25) is 18.6 Å². The SMILES string of the molecule is CCCCCCC/C=C\C/C=C\C/C=C\CCCCCCCCCCCCC(=O)OC(COC(=O)CCCCCCCCCCCCCCCCCCCCCCCCCCCCCCC/C=C\C/C=C\CCCCCCC)COP(=O)(O)OCCN. The fraction of sp³-hybridized carbons (Fsp3) is 0.844. The summed E-state index contributed by atoms with van der Waals surface area (Å²) in [6.07, 6.45) is 94.9. The van der Waals surface area contributed by atoms with Crippen LogP contribution in [-0.4, -0.2) is 49.3 Å². The highest BCUT2D eigenvalue weighted by atomic mass is 31.2. The Kier molecular flexibility index (Phi) is 70.9. The van der Waals surface area contributed by atoms with Crippen molar-refractivity contribution in [3.05, 3.63) is 60.8 Å². The van der Waals surface area contributed by atoms with Gasteiger partial charge in [-0.25, -0.2) is 4.57 Å². The van der Waals surface area contributed by atoms with Crippen molar-refractivity contribution < 1.29 is 37.6 Å². The molecule has 0 rings (SSSR count). The minimum Gasteiger partial charge on any atom is -0.462 e. The van der Waals surface area contributed by atoms with E-state index in [1.54, 1.807) is 0 Å². The second kappa shape index (κ2) is 72.8. The minimum atomic E-state index is -4.40. The predicted molar refractivity (Wildman–Crippen MR) is 376 cm³/mol. The van der Waals surface area contributed by atoms with Gasteiger partial charge in [-0.05, 0) is 83.5 Å². The van der Waals surface area contributed by atoms with Gasteiger partial charge in [0, 0.05) is 19.4 Å². The van der Waals surface area contributed by atoms with Gasteiger partial charge in [0.05, 0.1) is 13.2 Å². The van der Waals surface area contributed by atoms with Gasteiger partial charge in [-0.15, -0.1) is 0 Å². The van der Waals surface area contributed by atoms with Crippen LogP contribution < -0.4 is 5.73 Å². The maximum atomic E-state index is 12.8. The van der Waals surface area contributed by atoms with Crippen molar-refractivity contribution in [1.82, 2.24) is 0 Å². The summed E-state index contributed by atoms with van der Waals surface area (Å²) < 4.78 is 33.2. The molecule has 0 bridgehead atoms. The van der Waals surface area contributed by atoms with Crippen molar-refractivity contribution in [1.29, 1.82) is 0 Å². The van der Waals surface area contributed by atoms with Crippen molar-refractivity contribution in [2.24, 2.45) is 5.73 Å². The Morgan fingerprint density at radius 3 is 0.885 bits per heavy atom. The molecule has 0 aromatic rings. The van der Waals surface area contributed by atoms with Crippen LogP contribution in [0.4, 0.5) is 0 Å². The van der Waals surface area contributed by atoms with E-state index < -0.39 is 26.5 Å². The first kappa shape index (κ1) is 84.7. The molecule has 0 saturated carbocycles. The molecule has 2 unspecified atom stereocenters. The summed E-state index contributed by atoms with van der Waals surface area (Å²) in [7, 11) is -4.40. The van der Waals surface area contributed by atoms with Gasteiger partial charge >= 0.3 is 19.8 Å². The first-order valence-corrected chi connectivity index (χ1v) is 39.3. The standard InChI is InChI=1S/C77H144NO8P/c1-3-5-7-9-11-13-15-17-19-21-23-25-27-29-30-31-32-33-34-35-36-37-38-39-40-41-42-43-44-46-47-49-51-53-55-57-59-61-63-65-67-69-76(79)83-73-75(74-85-87(81,82)84-72-71-78)86-77(80)70-68-66-64-62-60-58-56-54-52-50-48-45-28-26-24-22-20-18-16-14-12-10-8-6-4-2/h15-18,21-24,28,45,75H,3-14,19-20,25-27,29-44,46-74,78H2,1-2H3,(H,81,82)/b17-15-,18-16-,23-21-,24-22-,45-28-. The van der Waals surface area contributed by atoms with Crippen LogP contribution in [0, 0.1) is 0 Å². The zero-order valence-corrected chi connectivity index (χ0v) is 58.4. The van der Waals surface area contributed by atoms with E-state index in [4.69, 9.17) is 24.3 Å². The smallest absolute Gasteiger partial charge is 0.462 e. The third-order valence-corrected chi connectivity index (χ3v) is 17.9. The number of hydrogen-bond acceptors (Lipinski definition) is 8. The lowest BCUT2D eigenvalue weighted by atomic mass is 10.0. The molecule has 0 saturated heterocycles. The first-order chi connectivity index (χ1) is 42.8. The molecule has 0 aliphatic carbocycles. The zero-order valence-electron chi connectivity index (χ0n) is 57.5. The molecule has 0 aromatic carbocycles. The summed E-state index contributed by atoms with van der Waals surface area (Å²) in [6.45, 7) is 3.78. The number of phosphoric acid groups is 1. The number of esters is 2. The highest BCUT2D eigenvalue weighted by Gasteiger charge is 2.26. The summed E-state index contributed by atoms with van der Waals surface area (Å²) in [4.78, 5) is 35.4. The Bertz CT molecular complexity index is 1610. The molecule has 2 atom stereocenters. The topological polar surface area (TPSA) is 134 Å². The molecule has 0 radical (unpaired) electrons. The van der Waals surface area contributed by atoms with E-state index in [2.05, 4.69) is 74.6 Å².